The van der Waals surface area contributed by atoms with E-state index in [2.05, 4.69) is 89.1 Å². The average molecular weight is 413 g/mol. The van der Waals surface area contributed by atoms with Crippen LogP contribution in [0.3, 0.4) is 0 Å². The lowest BCUT2D eigenvalue weighted by Crippen LogP contribution is -2.54. The van der Waals surface area contributed by atoms with Crippen molar-refractivity contribution in [3.63, 3.8) is 0 Å². The van der Waals surface area contributed by atoms with Crippen LogP contribution in [0.2, 0.25) is 0 Å². The van der Waals surface area contributed by atoms with Gasteiger partial charge in [0, 0.05) is 22.7 Å². The molecule has 5 rings (SSSR count). The molecule has 0 spiro atoms. The molecule has 0 atom stereocenters. The number of amides is 1. The van der Waals surface area contributed by atoms with Gasteiger partial charge in [-0.2, -0.15) is 0 Å². The Labute approximate surface area is 181 Å². The second kappa shape index (κ2) is 8.42. The van der Waals surface area contributed by atoms with Crippen molar-refractivity contribution in [3.8, 4) is 0 Å². The predicted octanol–water partition coefficient (Wildman–Crippen LogP) is 5.24. The highest BCUT2D eigenvalue weighted by atomic mass is 32.1. The first-order valence-electron chi connectivity index (χ1n) is 10.4. The molecule has 0 radical (unpaired) electrons. The number of rotatable bonds is 6. The summed E-state index contributed by atoms with van der Waals surface area (Å²) in [7, 11) is 0. The molecule has 0 bridgehead atoms. The maximum Gasteiger partial charge on any atom is 0.225 e. The molecule has 0 unspecified atom stereocenters. The van der Waals surface area contributed by atoms with Crippen LogP contribution in [-0.2, 0) is 11.3 Å². The molecular weight excluding hydrogens is 388 g/mol. The third-order valence-electron chi connectivity index (χ3n) is 5.79. The highest BCUT2D eigenvalue weighted by Crippen LogP contribution is 2.34. The van der Waals surface area contributed by atoms with Crippen molar-refractivity contribution in [3.05, 3.63) is 107 Å². The van der Waals surface area contributed by atoms with Gasteiger partial charge in [0.25, 0.3) is 0 Å². The van der Waals surface area contributed by atoms with Crippen molar-refractivity contribution in [2.45, 2.75) is 12.6 Å². The van der Waals surface area contributed by atoms with Crippen LogP contribution in [-0.4, -0.2) is 23.9 Å². The summed E-state index contributed by atoms with van der Waals surface area (Å²) in [5.41, 5.74) is 2.54. The van der Waals surface area contributed by atoms with Gasteiger partial charge in [-0.3, -0.25) is 9.69 Å². The summed E-state index contributed by atoms with van der Waals surface area (Å²) in [6.45, 7) is 2.18. The molecule has 1 N–H and O–H groups in total. The van der Waals surface area contributed by atoms with Gasteiger partial charge in [0.15, 0.2) is 0 Å². The van der Waals surface area contributed by atoms with E-state index < -0.39 is 0 Å². The van der Waals surface area contributed by atoms with Gasteiger partial charge in [-0.15, -0.1) is 11.3 Å². The Hall–Kier alpha value is -2.95. The van der Waals surface area contributed by atoms with E-state index in [1.807, 2.05) is 12.1 Å². The highest BCUT2D eigenvalue weighted by Gasteiger charge is 2.37. The van der Waals surface area contributed by atoms with Gasteiger partial charge in [0.2, 0.25) is 5.91 Å². The van der Waals surface area contributed by atoms with Crippen LogP contribution in [0.4, 0.5) is 0 Å². The largest absolute Gasteiger partial charge is 0.351 e. The third-order valence-corrected chi connectivity index (χ3v) is 6.91. The van der Waals surface area contributed by atoms with Gasteiger partial charge in [-0.05, 0) is 28.6 Å². The summed E-state index contributed by atoms with van der Waals surface area (Å²) >= 11 is 1.75. The SMILES string of the molecule is O=C(NCc1cc2ccccc2s1)C1CN(C(c2ccccc2)c2ccccc2)C1. The van der Waals surface area contributed by atoms with Crippen LogP contribution in [0.25, 0.3) is 10.1 Å². The van der Waals surface area contributed by atoms with Crippen LogP contribution in [0.5, 0.6) is 0 Å². The number of nitrogens with one attached hydrogen (secondary N) is 1. The van der Waals surface area contributed by atoms with Gasteiger partial charge in [0.1, 0.15) is 0 Å². The number of likely N-dealkylation sites (tertiary alicyclic amines) is 1. The lowest BCUT2D eigenvalue weighted by molar-refractivity contribution is -0.131. The fourth-order valence-corrected chi connectivity index (χ4v) is 5.22. The third kappa shape index (κ3) is 3.89. The maximum absolute atomic E-state index is 12.7. The highest BCUT2D eigenvalue weighted by molar-refractivity contribution is 7.19. The molecule has 30 heavy (non-hydrogen) atoms. The van der Waals surface area contributed by atoms with Crippen molar-refractivity contribution in [2.75, 3.05) is 13.1 Å². The Morgan fingerprint density at radius 1 is 0.900 bits per heavy atom. The number of carbonyl (C=O) groups excluding carboxylic acids is 1. The van der Waals surface area contributed by atoms with E-state index in [4.69, 9.17) is 0 Å². The standard InChI is InChI=1S/C26H24N2OS/c29-26(27-16-23-15-21-13-7-8-14-24(21)30-23)22-17-28(18-22)25(19-9-3-1-4-10-19)20-11-5-2-6-12-20/h1-15,22,25H,16-18H2,(H,27,29). The van der Waals surface area contributed by atoms with Crippen molar-refractivity contribution in [1.29, 1.82) is 0 Å². The van der Waals surface area contributed by atoms with Crippen molar-refractivity contribution < 1.29 is 4.79 Å². The quantitative estimate of drug-likeness (QED) is 0.470. The first kappa shape index (κ1) is 19.0. The number of thiophene rings is 1. The lowest BCUT2D eigenvalue weighted by Gasteiger charge is -2.44. The summed E-state index contributed by atoms with van der Waals surface area (Å²) in [6.07, 6.45) is 0. The fourth-order valence-electron chi connectivity index (χ4n) is 4.22. The molecule has 150 valence electrons. The Bertz CT molecular complexity index is 1060. The Balaban J connectivity index is 1.23. The normalized spacial score (nSPS) is 14.7. The molecule has 1 amide bonds. The molecule has 1 fully saturated rings. The van der Waals surface area contributed by atoms with E-state index in [-0.39, 0.29) is 17.9 Å². The molecule has 2 heterocycles. The molecular formula is C26H24N2OS. The van der Waals surface area contributed by atoms with Gasteiger partial charge < -0.3 is 5.32 Å². The average Bonchev–Trinajstić information content (AvgIpc) is 3.18. The number of fused-ring (bicyclic) bond motifs is 1. The van der Waals surface area contributed by atoms with Crippen molar-refractivity contribution in [2.24, 2.45) is 5.92 Å². The van der Waals surface area contributed by atoms with Crippen LogP contribution in [0, 0.1) is 5.92 Å². The van der Waals surface area contributed by atoms with Gasteiger partial charge in [-0.1, -0.05) is 78.9 Å². The van der Waals surface area contributed by atoms with Crippen molar-refractivity contribution in [1.82, 2.24) is 10.2 Å². The molecule has 1 aromatic heterocycles. The number of carbonyl (C=O) groups is 1. The summed E-state index contributed by atoms with van der Waals surface area (Å²) < 4.78 is 1.27. The molecule has 4 heteroatoms. The van der Waals surface area contributed by atoms with Gasteiger partial charge in [0.05, 0.1) is 18.5 Å². The van der Waals surface area contributed by atoms with E-state index >= 15 is 0 Å². The van der Waals surface area contributed by atoms with E-state index in [1.54, 1.807) is 11.3 Å². The lowest BCUT2D eigenvalue weighted by atomic mass is 9.90. The maximum atomic E-state index is 12.7. The van der Waals surface area contributed by atoms with Gasteiger partial charge >= 0.3 is 0 Å². The van der Waals surface area contributed by atoms with E-state index in [0.29, 0.717) is 6.54 Å². The number of hydrogen-bond donors (Lipinski definition) is 1. The minimum absolute atomic E-state index is 0.0503. The zero-order valence-electron chi connectivity index (χ0n) is 16.7. The Kier molecular flexibility index (Phi) is 5.35. The minimum atomic E-state index is 0.0503. The Morgan fingerprint density at radius 2 is 1.50 bits per heavy atom. The smallest absolute Gasteiger partial charge is 0.225 e. The number of benzene rings is 3. The predicted molar refractivity (Wildman–Crippen MR) is 123 cm³/mol. The van der Waals surface area contributed by atoms with E-state index in [9.17, 15) is 4.79 Å². The molecule has 0 saturated carbocycles. The first-order valence-corrected chi connectivity index (χ1v) is 11.2. The van der Waals surface area contributed by atoms with E-state index in [1.165, 1.54) is 26.1 Å². The zero-order valence-corrected chi connectivity index (χ0v) is 17.5. The second-order valence-corrected chi connectivity index (χ2v) is 9.01. The van der Waals surface area contributed by atoms with Crippen LogP contribution < -0.4 is 5.32 Å². The molecule has 1 aliphatic rings. The Morgan fingerprint density at radius 3 is 2.13 bits per heavy atom. The minimum Gasteiger partial charge on any atom is -0.351 e. The summed E-state index contributed by atoms with van der Waals surface area (Å²) in [5, 5.41) is 4.39. The summed E-state index contributed by atoms with van der Waals surface area (Å²) in [6, 6.07) is 31.8. The van der Waals surface area contributed by atoms with Crippen LogP contribution in [0.15, 0.2) is 91.0 Å². The topological polar surface area (TPSA) is 32.3 Å². The summed E-state index contributed by atoms with van der Waals surface area (Å²) in [4.78, 5) is 16.3. The van der Waals surface area contributed by atoms with Crippen LogP contribution >= 0.6 is 11.3 Å². The number of nitrogens with zero attached hydrogens (tertiary/aromatic N) is 1. The van der Waals surface area contributed by atoms with Crippen LogP contribution in [0.1, 0.15) is 22.0 Å². The van der Waals surface area contributed by atoms with Gasteiger partial charge in [-0.25, -0.2) is 0 Å². The zero-order chi connectivity index (χ0) is 20.3. The molecule has 3 nitrogen and oxygen atoms in total. The molecule has 4 aromatic rings. The fraction of sp³-hybridized carbons (Fsp3) is 0.192. The first-order chi connectivity index (χ1) is 14.8. The van der Waals surface area contributed by atoms with Crippen molar-refractivity contribution >= 4 is 27.3 Å². The van der Waals surface area contributed by atoms with E-state index in [0.717, 1.165) is 13.1 Å². The molecule has 3 aromatic carbocycles. The monoisotopic (exact) mass is 412 g/mol. The molecule has 0 aliphatic carbocycles. The molecule has 1 saturated heterocycles. The summed E-state index contributed by atoms with van der Waals surface area (Å²) in [5.74, 6) is 0.206. The molecule has 1 aliphatic heterocycles. The second-order valence-electron chi connectivity index (χ2n) is 7.84. The number of hydrogen-bond acceptors (Lipinski definition) is 3.